The molecule has 41 heavy (non-hydrogen) atoms. The van der Waals surface area contributed by atoms with E-state index in [0.717, 1.165) is 36.3 Å². The van der Waals surface area contributed by atoms with Gasteiger partial charge in [-0.15, -0.1) is 0 Å². The van der Waals surface area contributed by atoms with Crippen molar-refractivity contribution < 1.29 is 18.9 Å². The van der Waals surface area contributed by atoms with Crippen molar-refractivity contribution in [3.8, 4) is 0 Å². The number of piperidine rings is 1. The first kappa shape index (κ1) is 28.9. The van der Waals surface area contributed by atoms with Crippen LogP contribution in [0.25, 0.3) is 0 Å². The standard InChI is InChI=1S/C33H36N3O4Si/c1-21-22(2)29(35-31(38)25-13-9-10-14-26(25)32(35)39)28(19-27(21)33(3,4)5)36(40-41)30(37)24-15-17-34(18-16-24)20-23-11-7-6-8-12-23/h6-14,19,24H,15-18,20H2,1-5H3. The zero-order chi connectivity index (χ0) is 29.5. The molecule has 1 fully saturated rings. The van der Waals surface area contributed by atoms with Gasteiger partial charge in [0.2, 0.25) is 0 Å². The first-order valence-corrected chi connectivity index (χ1v) is 14.5. The van der Waals surface area contributed by atoms with Gasteiger partial charge >= 0.3 is 0 Å². The Morgan fingerprint density at radius 3 is 2.02 bits per heavy atom. The van der Waals surface area contributed by atoms with E-state index in [-0.39, 0.29) is 17.2 Å². The summed E-state index contributed by atoms with van der Waals surface area (Å²) < 4.78 is 5.61. The number of amides is 3. The number of hydroxylamine groups is 1. The SMILES string of the molecule is Cc1c(C(C)(C)C)cc(N(O[Si])C(=O)C2CCN(Cc3ccccc3)CC2)c(N2C(=O)c3ccccc3C2=O)c1C. The highest BCUT2D eigenvalue weighted by Crippen LogP contribution is 2.44. The molecule has 0 bridgehead atoms. The van der Waals surface area contributed by atoms with Crippen molar-refractivity contribution in [2.24, 2.45) is 5.92 Å². The van der Waals surface area contributed by atoms with Crippen molar-refractivity contribution in [3.05, 3.63) is 94.0 Å². The van der Waals surface area contributed by atoms with Gasteiger partial charge in [-0.05, 0) is 85.6 Å². The number of nitrogens with zero attached hydrogens (tertiary/aromatic N) is 3. The predicted molar refractivity (Wildman–Crippen MR) is 161 cm³/mol. The van der Waals surface area contributed by atoms with Gasteiger partial charge in [0.05, 0.1) is 22.5 Å². The van der Waals surface area contributed by atoms with Gasteiger partial charge in [0.1, 0.15) is 0 Å². The number of likely N-dealkylation sites (tertiary alicyclic amines) is 1. The molecule has 3 radical (unpaired) electrons. The number of carbonyl (C=O) groups excluding carboxylic acids is 3. The smallest absolute Gasteiger partial charge is 0.292 e. The summed E-state index contributed by atoms with van der Waals surface area (Å²) in [5.41, 5.74) is 5.15. The highest BCUT2D eigenvalue weighted by atomic mass is 28.2. The van der Waals surface area contributed by atoms with Gasteiger partial charge in [0.15, 0.2) is 0 Å². The van der Waals surface area contributed by atoms with Crippen LogP contribution < -0.4 is 9.96 Å². The van der Waals surface area contributed by atoms with Crippen LogP contribution in [0, 0.1) is 19.8 Å². The highest BCUT2D eigenvalue weighted by Gasteiger charge is 2.41. The van der Waals surface area contributed by atoms with Gasteiger partial charge < -0.3 is 4.53 Å². The first-order chi connectivity index (χ1) is 19.5. The number of hydrogen-bond donors (Lipinski definition) is 0. The lowest BCUT2D eigenvalue weighted by molar-refractivity contribution is -0.128. The van der Waals surface area contributed by atoms with Crippen LogP contribution >= 0.6 is 0 Å². The van der Waals surface area contributed by atoms with E-state index in [9.17, 15) is 14.4 Å². The van der Waals surface area contributed by atoms with Gasteiger partial charge in [-0.25, -0.2) is 4.90 Å². The maximum atomic E-state index is 14.1. The number of fused-ring (bicyclic) bond motifs is 1. The fourth-order valence-electron chi connectivity index (χ4n) is 6.05. The van der Waals surface area contributed by atoms with E-state index < -0.39 is 11.8 Å². The quantitative estimate of drug-likeness (QED) is 0.219. The molecule has 0 N–H and O–H groups in total. The molecule has 1 saturated heterocycles. The molecule has 7 nitrogen and oxygen atoms in total. The Kier molecular flexibility index (Phi) is 8.01. The fourth-order valence-corrected chi connectivity index (χ4v) is 6.24. The Morgan fingerprint density at radius 1 is 0.927 bits per heavy atom. The van der Waals surface area contributed by atoms with Crippen LogP contribution in [0.2, 0.25) is 0 Å². The Hall–Kier alpha value is -3.59. The largest absolute Gasteiger partial charge is 0.315 e. The number of anilines is 2. The topological polar surface area (TPSA) is 70.2 Å². The van der Waals surface area contributed by atoms with Crippen molar-refractivity contribution in [1.29, 1.82) is 0 Å². The van der Waals surface area contributed by atoms with Crippen LogP contribution in [0.15, 0.2) is 60.7 Å². The molecule has 211 valence electrons. The monoisotopic (exact) mass is 566 g/mol. The minimum absolute atomic E-state index is 0.208. The molecule has 0 aliphatic carbocycles. The van der Waals surface area contributed by atoms with Crippen molar-refractivity contribution in [1.82, 2.24) is 4.90 Å². The highest BCUT2D eigenvalue weighted by molar-refractivity contribution is 6.35. The van der Waals surface area contributed by atoms with E-state index in [1.165, 1.54) is 15.5 Å². The summed E-state index contributed by atoms with van der Waals surface area (Å²) in [4.78, 5) is 44.9. The van der Waals surface area contributed by atoms with Crippen LogP contribution in [0.3, 0.4) is 0 Å². The summed E-state index contributed by atoms with van der Waals surface area (Å²) in [7, 11) is 3.16. The van der Waals surface area contributed by atoms with Crippen LogP contribution in [-0.4, -0.2) is 46.2 Å². The molecule has 5 rings (SSSR count). The van der Waals surface area contributed by atoms with Crippen LogP contribution in [0.4, 0.5) is 11.4 Å². The molecule has 0 saturated carbocycles. The van der Waals surface area contributed by atoms with Gasteiger partial charge in [0, 0.05) is 12.5 Å². The summed E-state index contributed by atoms with van der Waals surface area (Å²) in [5.74, 6) is -1.30. The summed E-state index contributed by atoms with van der Waals surface area (Å²) >= 11 is 0. The van der Waals surface area contributed by atoms with Gasteiger partial charge in [-0.1, -0.05) is 63.2 Å². The summed E-state index contributed by atoms with van der Waals surface area (Å²) in [6.07, 6.45) is 1.36. The van der Waals surface area contributed by atoms with Crippen LogP contribution in [0.5, 0.6) is 0 Å². The Balaban J connectivity index is 1.50. The number of benzene rings is 3. The van der Waals surface area contributed by atoms with Crippen molar-refractivity contribution >= 4 is 39.6 Å². The third-order valence-corrected chi connectivity index (χ3v) is 8.55. The van der Waals surface area contributed by atoms with Crippen molar-refractivity contribution in [3.63, 3.8) is 0 Å². The van der Waals surface area contributed by atoms with E-state index in [2.05, 4.69) is 48.3 Å². The minimum atomic E-state index is -0.409. The molecule has 3 amide bonds. The van der Waals surface area contributed by atoms with E-state index in [1.54, 1.807) is 24.3 Å². The van der Waals surface area contributed by atoms with E-state index in [4.69, 9.17) is 4.53 Å². The third-order valence-electron chi connectivity index (χ3n) is 8.37. The summed E-state index contributed by atoms with van der Waals surface area (Å²) in [5, 5.41) is 1.23. The zero-order valence-corrected chi connectivity index (χ0v) is 25.4. The van der Waals surface area contributed by atoms with Crippen LogP contribution in [0.1, 0.15) is 76.6 Å². The number of imide groups is 1. The number of hydrogen-bond acceptors (Lipinski definition) is 5. The Morgan fingerprint density at radius 2 is 1.49 bits per heavy atom. The van der Waals surface area contributed by atoms with E-state index >= 15 is 0 Å². The molecule has 2 heterocycles. The second kappa shape index (κ2) is 11.4. The predicted octanol–water partition coefficient (Wildman–Crippen LogP) is 5.66. The fraction of sp³-hybridized carbons (Fsp3) is 0.364. The van der Waals surface area contributed by atoms with Crippen LogP contribution in [-0.2, 0) is 21.3 Å². The average molecular weight is 567 g/mol. The maximum Gasteiger partial charge on any atom is 0.292 e. The third kappa shape index (κ3) is 5.39. The molecule has 0 spiro atoms. The lowest BCUT2D eigenvalue weighted by atomic mass is 9.81. The second-order valence-corrected chi connectivity index (χ2v) is 12.2. The van der Waals surface area contributed by atoms with Crippen molar-refractivity contribution in [2.45, 2.75) is 59.4 Å². The molecule has 8 heteroatoms. The second-order valence-electron chi connectivity index (χ2n) is 12.0. The maximum absolute atomic E-state index is 14.1. The summed E-state index contributed by atoms with van der Waals surface area (Å²) in [6.45, 7) is 12.6. The normalized spacial score (nSPS) is 16.3. The van der Waals surface area contributed by atoms with Gasteiger partial charge in [-0.3, -0.25) is 19.3 Å². The Bertz CT molecular complexity index is 1460. The number of rotatable bonds is 6. The first-order valence-electron chi connectivity index (χ1n) is 14.1. The summed E-state index contributed by atoms with van der Waals surface area (Å²) in [6, 6.07) is 19.0. The molecule has 0 atom stereocenters. The number of carbonyl (C=O) groups is 3. The lowest BCUT2D eigenvalue weighted by Crippen LogP contribution is -2.43. The van der Waals surface area contributed by atoms with Gasteiger partial charge in [-0.2, -0.15) is 5.06 Å². The average Bonchev–Trinajstić information content (AvgIpc) is 3.20. The molecule has 3 aromatic carbocycles. The molecular formula is C33H36N3O4Si. The Labute approximate surface area is 245 Å². The minimum Gasteiger partial charge on any atom is -0.315 e. The lowest BCUT2D eigenvalue weighted by Gasteiger charge is -2.36. The molecular weight excluding hydrogens is 530 g/mol. The molecule has 0 aromatic heterocycles. The molecule has 3 aromatic rings. The zero-order valence-electron chi connectivity index (χ0n) is 24.4. The molecule has 2 aliphatic rings. The molecule has 2 aliphatic heterocycles. The molecule has 0 unspecified atom stereocenters. The van der Waals surface area contributed by atoms with Crippen molar-refractivity contribution in [2.75, 3.05) is 23.1 Å². The van der Waals surface area contributed by atoms with E-state index in [1.807, 2.05) is 38.1 Å². The van der Waals surface area contributed by atoms with E-state index in [0.29, 0.717) is 35.3 Å². The van der Waals surface area contributed by atoms with Gasteiger partial charge in [0.25, 0.3) is 28.2 Å².